The predicted octanol–water partition coefficient (Wildman–Crippen LogP) is 1.89. The van der Waals surface area contributed by atoms with Gasteiger partial charge in [0.1, 0.15) is 12.7 Å². The average Bonchev–Trinajstić information content (AvgIpc) is 3.01. The van der Waals surface area contributed by atoms with Gasteiger partial charge in [-0.25, -0.2) is 4.79 Å². The van der Waals surface area contributed by atoms with Crippen LogP contribution in [0.3, 0.4) is 0 Å². The molecule has 0 bridgehead atoms. The van der Waals surface area contributed by atoms with Gasteiger partial charge in [0.2, 0.25) is 6.79 Å². The van der Waals surface area contributed by atoms with Gasteiger partial charge < -0.3 is 29.4 Å². The Balaban J connectivity index is 2.33. The summed E-state index contributed by atoms with van der Waals surface area (Å²) in [4.78, 5) is 11.2. The van der Waals surface area contributed by atoms with Crippen LogP contribution in [0.25, 0.3) is 0 Å². The van der Waals surface area contributed by atoms with Gasteiger partial charge in [-0.3, -0.25) is 0 Å². The van der Waals surface area contributed by atoms with E-state index in [1.807, 2.05) is 0 Å². The van der Waals surface area contributed by atoms with Gasteiger partial charge in [0.15, 0.2) is 11.5 Å². The van der Waals surface area contributed by atoms with Gasteiger partial charge in [-0.2, -0.15) is 0 Å². The molecule has 1 amide bonds. The lowest BCUT2D eigenvalue weighted by atomic mass is 9.97. The van der Waals surface area contributed by atoms with Crippen molar-refractivity contribution in [3.05, 3.63) is 23.3 Å². The molecule has 2 rings (SSSR count). The van der Waals surface area contributed by atoms with Gasteiger partial charge >= 0.3 is 6.09 Å². The van der Waals surface area contributed by atoms with Crippen LogP contribution in [0.15, 0.2) is 12.1 Å². The first-order chi connectivity index (χ1) is 10.6. The van der Waals surface area contributed by atoms with Crippen LogP contribution in [-0.2, 0) is 9.47 Å². The maximum atomic E-state index is 11.2. The van der Waals surface area contributed by atoms with Crippen LogP contribution in [0.1, 0.15) is 23.3 Å². The molecule has 1 heterocycles. The number of rotatable bonds is 6. The number of carbonyl (C=O) groups is 1. The number of nitrogens with one attached hydrogen (secondary N) is 1. The number of aliphatic hydroxyl groups is 1. The molecular formula is C14H18BrNO6. The minimum Gasteiger partial charge on any atom is -0.454 e. The third kappa shape index (κ3) is 3.45. The lowest BCUT2D eigenvalue weighted by Crippen LogP contribution is -2.23. The molecule has 0 radical (unpaired) electrons. The van der Waals surface area contributed by atoms with E-state index >= 15 is 0 Å². The van der Waals surface area contributed by atoms with Crippen LogP contribution >= 0.6 is 15.9 Å². The summed E-state index contributed by atoms with van der Waals surface area (Å²) in [6.45, 7) is -0.119. The topological polar surface area (TPSA) is 86.3 Å². The van der Waals surface area contributed by atoms with Gasteiger partial charge in [0.25, 0.3) is 0 Å². The number of fused-ring (bicyclic) bond motifs is 1. The molecule has 0 saturated heterocycles. The zero-order valence-electron chi connectivity index (χ0n) is 12.3. The number of carbonyl (C=O) groups excluding carboxylic acids is 1. The maximum absolute atomic E-state index is 11.2. The molecule has 0 aliphatic carbocycles. The number of halogens is 1. The molecule has 122 valence electrons. The van der Waals surface area contributed by atoms with Crippen LogP contribution in [0, 0.1) is 0 Å². The number of benzene rings is 1. The number of hydrogen-bond acceptors (Lipinski definition) is 6. The van der Waals surface area contributed by atoms with E-state index in [9.17, 15) is 9.90 Å². The van der Waals surface area contributed by atoms with Crippen LogP contribution in [0.2, 0.25) is 0 Å². The van der Waals surface area contributed by atoms with E-state index in [0.717, 1.165) is 5.56 Å². The summed E-state index contributed by atoms with van der Waals surface area (Å²) in [5.41, 5.74) is 1.25. The van der Waals surface area contributed by atoms with Crippen LogP contribution in [0.4, 0.5) is 4.79 Å². The minimum absolute atomic E-state index is 0.0841. The summed E-state index contributed by atoms with van der Waals surface area (Å²) in [6.07, 6.45) is -1.95. The standard InChI is InChI=1S/C14H18BrNO6/c1-16-14(18)20-6-9(17)12-8(11(5-15)19-2)3-4-10-13(12)22-7-21-10/h3-4,9,11,17H,5-7H2,1-2H3,(H,16,18). The lowest BCUT2D eigenvalue weighted by Gasteiger charge is -2.22. The molecule has 22 heavy (non-hydrogen) atoms. The minimum atomic E-state index is -1.05. The average molecular weight is 376 g/mol. The van der Waals surface area contributed by atoms with Crippen molar-refractivity contribution in [1.29, 1.82) is 0 Å². The van der Waals surface area contributed by atoms with E-state index in [1.54, 1.807) is 19.2 Å². The first-order valence-electron chi connectivity index (χ1n) is 6.66. The van der Waals surface area contributed by atoms with Crippen LogP contribution < -0.4 is 14.8 Å². The molecule has 1 aliphatic heterocycles. The molecule has 7 nitrogen and oxygen atoms in total. The number of alkyl carbamates (subject to hydrolysis) is 1. The van der Waals surface area contributed by atoms with Crippen LogP contribution in [0.5, 0.6) is 11.5 Å². The molecule has 1 aliphatic rings. The van der Waals surface area contributed by atoms with Crippen LogP contribution in [-0.4, -0.2) is 44.1 Å². The second-order valence-corrected chi connectivity index (χ2v) is 5.19. The van der Waals surface area contributed by atoms with Gasteiger partial charge in [-0.05, 0) is 11.6 Å². The third-order valence-corrected chi connectivity index (χ3v) is 3.88. The highest BCUT2D eigenvalue weighted by Crippen LogP contribution is 2.43. The Hall–Kier alpha value is -1.51. The smallest absolute Gasteiger partial charge is 0.406 e. The van der Waals surface area contributed by atoms with Crippen molar-refractivity contribution >= 4 is 22.0 Å². The highest BCUT2D eigenvalue weighted by molar-refractivity contribution is 9.09. The summed E-state index contributed by atoms with van der Waals surface area (Å²) in [5.74, 6) is 0.996. The number of ether oxygens (including phenoxy) is 4. The molecule has 0 saturated carbocycles. The fourth-order valence-electron chi connectivity index (χ4n) is 2.22. The van der Waals surface area contributed by atoms with Crippen molar-refractivity contribution in [3.8, 4) is 11.5 Å². The maximum Gasteiger partial charge on any atom is 0.406 e. The fraction of sp³-hybridized carbons (Fsp3) is 0.500. The first kappa shape index (κ1) is 16.9. The SMILES string of the molecule is CNC(=O)OCC(O)c1c(C(CBr)OC)ccc2c1OCO2. The Bertz CT molecular complexity index is 534. The van der Waals surface area contributed by atoms with Crippen molar-refractivity contribution in [2.75, 3.05) is 32.9 Å². The second kappa shape index (κ2) is 7.66. The van der Waals surface area contributed by atoms with Gasteiger partial charge in [-0.15, -0.1) is 0 Å². The van der Waals surface area contributed by atoms with Crippen molar-refractivity contribution < 1.29 is 28.8 Å². The van der Waals surface area contributed by atoms with E-state index in [0.29, 0.717) is 22.4 Å². The van der Waals surface area contributed by atoms with Crippen molar-refractivity contribution in [1.82, 2.24) is 5.32 Å². The number of aliphatic hydroxyl groups excluding tert-OH is 1. The molecule has 2 unspecified atom stereocenters. The number of methoxy groups -OCH3 is 1. The van der Waals surface area contributed by atoms with Gasteiger partial charge in [0.05, 0.1) is 6.10 Å². The van der Waals surface area contributed by atoms with E-state index in [-0.39, 0.29) is 19.5 Å². The van der Waals surface area contributed by atoms with Crippen molar-refractivity contribution in [3.63, 3.8) is 0 Å². The fourth-order valence-corrected chi connectivity index (χ4v) is 2.83. The van der Waals surface area contributed by atoms with Gasteiger partial charge in [-0.1, -0.05) is 22.0 Å². The molecule has 1 aromatic carbocycles. The molecular weight excluding hydrogens is 358 g/mol. The molecule has 2 atom stereocenters. The zero-order chi connectivity index (χ0) is 16.1. The molecule has 0 aromatic heterocycles. The summed E-state index contributed by atoms with van der Waals surface area (Å²) in [5, 5.41) is 13.3. The molecule has 2 N–H and O–H groups in total. The van der Waals surface area contributed by atoms with E-state index in [4.69, 9.17) is 18.9 Å². The molecule has 1 aromatic rings. The zero-order valence-corrected chi connectivity index (χ0v) is 13.9. The summed E-state index contributed by atoms with van der Waals surface area (Å²) in [6, 6.07) is 3.57. The quantitative estimate of drug-likeness (QED) is 0.738. The normalized spacial score (nSPS) is 15.3. The Morgan fingerprint density at radius 2 is 2.27 bits per heavy atom. The second-order valence-electron chi connectivity index (χ2n) is 4.55. The molecule has 0 spiro atoms. The van der Waals surface area contributed by atoms with E-state index < -0.39 is 12.2 Å². The van der Waals surface area contributed by atoms with E-state index in [1.165, 1.54) is 7.05 Å². The Labute approximate surface area is 136 Å². The van der Waals surface area contributed by atoms with Crippen molar-refractivity contribution in [2.45, 2.75) is 12.2 Å². The van der Waals surface area contributed by atoms with E-state index in [2.05, 4.69) is 21.2 Å². The Kier molecular flexibility index (Phi) is 5.87. The molecule has 0 fully saturated rings. The monoisotopic (exact) mass is 375 g/mol. The Morgan fingerprint density at radius 1 is 1.50 bits per heavy atom. The molecule has 8 heteroatoms. The Morgan fingerprint density at radius 3 is 2.91 bits per heavy atom. The number of alkyl halides is 1. The largest absolute Gasteiger partial charge is 0.454 e. The summed E-state index contributed by atoms with van der Waals surface area (Å²) < 4.78 is 21.1. The summed E-state index contributed by atoms with van der Waals surface area (Å²) in [7, 11) is 3.02. The summed E-state index contributed by atoms with van der Waals surface area (Å²) >= 11 is 3.38. The number of amides is 1. The highest BCUT2D eigenvalue weighted by atomic mass is 79.9. The lowest BCUT2D eigenvalue weighted by molar-refractivity contribution is 0.0629. The third-order valence-electron chi connectivity index (χ3n) is 3.29. The van der Waals surface area contributed by atoms with Crippen molar-refractivity contribution in [2.24, 2.45) is 0 Å². The highest BCUT2D eigenvalue weighted by Gasteiger charge is 2.29. The predicted molar refractivity (Wildman–Crippen MR) is 81.5 cm³/mol. The first-order valence-corrected chi connectivity index (χ1v) is 7.78. The number of hydrogen-bond donors (Lipinski definition) is 2. The van der Waals surface area contributed by atoms with Gasteiger partial charge in [0, 0.05) is 25.1 Å².